The van der Waals surface area contributed by atoms with E-state index in [4.69, 9.17) is 14.2 Å². The van der Waals surface area contributed by atoms with Crippen LogP contribution in [0, 0.1) is 0 Å². The van der Waals surface area contributed by atoms with E-state index in [1.807, 2.05) is 6.07 Å². The summed E-state index contributed by atoms with van der Waals surface area (Å²) in [4.78, 5) is 12.3. The first-order valence-corrected chi connectivity index (χ1v) is 7.07. The predicted molar refractivity (Wildman–Crippen MR) is 84.8 cm³/mol. The molecule has 3 rings (SSSR count). The van der Waals surface area contributed by atoms with Gasteiger partial charge in [-0.3, -0.25) is 4.79 Å². The molecular weight excluding hydrogens is 296 g/mol. The fourth-order valence-corrected chi connectivity index (χ4v) is 2.55. The van der Waals surface area contributed by atoms with Gasteiger partial charge in [-0.2, -0.15) is 0 Å². The number of fused-ring (bicyclic) bond motifs is 1. The van der Waals surface area contributed by atoms with Gasteiger partial charge in [0.2, 0.25) is 5.78 Å². The molecule has 0 spiro atoms. The number of para-hydroxylation sites is 1. The molecule has 0 bridgehead atoms. The number of carbonyl (C=O) groups is 1. The summed E-state index contributed by atoms with van der Waals surface area (Å²) in [5.74, 6) is 1.57. The number of Topliss-reactive ketones (excluding diaryl/α,β-unsaturated/α-hetero) is 1. The van der Waals surface area contributed by atoms with Crippen LogP contribution < -0.4 is 14.2 Å². The quantitative estimate of drug-likeness (QED) is 0.880. The van der Waals surface area contributed by atoms with E-state index in [2.05, 4.69) is 0 Å². The Hall–Kier alpha value is -2.79. The Morgan fingerprint density at radius 1 is 1.17 bits per heavy atom. The Labute approximate surface area is 133 Å². The molecule has 23 heavy (non-hydrogen) atoms. The maximum Gasteiger partial charge on any atom is 0.231 e. The van der Waals surface area contributed by atoms with E-state index in [0.29, 0.717) is 33.9 Å². The van der Waals surface area contributed by atoms with Crippen molar-refractivity contribution in [2.75, 3.05) is 14.2 Å². The predicted octanol–water partition coefficient (Wildman–Crippen LogP) is 2.81. The third-order valence-electron chi connectivity index (χ3n) is 3.62. The van der Waals surface area contributed by atoms with Crippen molar-refractivity contribution in [2.24, 2.45) is 0 Å². The summed E-state index contributed by atoms with van der Waals surface area (Å²) in [6.07, 6.45) is 1.63. The summed E-state index contributed by atoms with van der Waals surface area (Å²) in [7, 11) is 3.03. The second-order valence-electron chi connectivity index (χ2n) is 5.01. The van der Waals surface area contributed by atoms with Gasteiger partial charge in [-0.25, -0.2) is 0 Å². The van der Waals surface area contributed by atoms with Crippen molar-refractivity contribution in [1.29, 1.82) is 0 Å². The Kier molecular flexibility index (Phi) is 4.04. The van der Waals surface area contributed by atoms with Crippen LogP contribution in [0.1, 0.15) is 21.5 Å². The van der Waals surface area contributed by atoms with Gasteiger partial charge in [0.05, 0.1) is 26.4 Å². The van der Waals surface area contributed by atoms with Crippen LogP contribution in [0.15, 0.2) is 42.2 Å². The number of carbonyl (C=O) groups excluding carboxylic acids is 1. The van der Waals surface area contributed by atoms with Crippen molar-refractivity contribution in [2.45, 2.75) is 6.61 Å². The number of rotatable bonds is 4. The molecule has 0 atom stereocenters. The van der Waals surface area contributed by atoms with Gasteiger partial charge in [-0.1, -0.05) is 12.1 Å². The third-order valence-corrected chi connectivity index (χ3v) is 3.62. The summed E-state index contributed by atoms with van der Waals surface area (Å²) in [5.41, 5.74) is 1.80. The van der Waals surface area contributed by atoms with Gasteiger partial charge in [0.1, 0.15) is 5.75 Å². The Balaban J connectivity index is 2.02. The highest BCUT2D eigenvalue weighted by Gasteiger charge is 2.26. The first kappa shape index (κ1) is 15.1. The zero-order chi connectivity index (χ0) is 16.4. The van der Waals surface area contributed by atoms with E-state index in [9.17, 15) is 9.90 Å². The molecule has 1 N–H and O–H groups in total. The number of allylic oxidation sites excluding steroid dienone is 1. The fourth-order valence-electron chi connectivity index (χ4n) is 2.55. The zero-order valence-corrected chi connectivity index (χ0v) is 12.8. The molecular formula is C18H16O5. The second kappa shape index (κ2) is 6.14. The molecule has 0 aromatic heterocycles. The topological polar surface area (TPSA) is 65.0 Å². The monoisotopic (exact) mass is 312 g/mol. The van der Waals surface area contributed by atoms with E-state index >= 15 is 0 Å². The molecule has 0 saturated heterocycles. The van der Waals surface area contributed by atoms with E-state index in [-0.39, 0.29) is 18.1 Å². The van der Waals surface area contributed by atoms with Crippen molar-refractivity contribution >= 4 is 11.9 Å². The van der Waals surface area contributed by atoms with Crippen LogP contribution in [0.3, 0.4) is 0 Å². The fraction of sp³-hybridized carbons (Fsp3) is 0.167. The molecule has 1 aliphatic heterocycles. The molecule has 1 heterocycles. The number of ketones is 1. The number of aliphatic hydroxyl groups excluding tert-OH is 1. The van der Waals surface area contributed by atoms with E-state index in [1.54, 1.807) is 36.4 Å². The van der Waals surface area contributed by atoms with Crippen molar-refractivity contribution < 1.29 is 24.1 Å². The summed E-state index contributed by atoms with van der Waals surface area (Å²) in [6.45, 7) is -0.203. The van der Waals surface area contributed by atoms with Gasteiger partial charge in [-0.15, -0.1) is 0 Å². The second-order valence-corrected chi connectivity index (χ2v) is 5.01. The van der Waals surface area contributed by atoms with Crippen LogP contribution in [0.4, 0.5) is 0 Å². The van der Waals surface area contributed by atoms with Crippen LogP contribution in [0.25, 0.3) is 6.08 Å². The molecule has 0 fully saturated rings. The van der Waals surface area contributed by atoms with E-state index in [0.717, 1.165) is 0 Å². The number of benzene rings is 2. The highest BCUT2D eigenvalue weighted by atomic mass is 16.5. The number of ether oxygens (including phenoxy) is 3. The smallest absolute Gasteiger partial charge is 0.231 e. The molecule has 5 nitrogen and oxygen atoms in total. The minimum Gasteiger partial charge on any atom is -0.493 e. The van der Waals surface area contributed by atoms with Gasteiger partial charge in [0, 0.05) is 5.56 Å². The first-order valence-electron chi connectivity index (χ1n) is 7.07. The number of methoxy groups -OCH3 is 2. The molecule has 118 valence electrons. The van der Waals surface area contributed by atoms with E-state index in [1.165, 1.54) is 14.2 Å². The lowest BCUT2D eigenvalue weighted by Gasteiger charge is -2.12. The lowest BCUT2D eigenvalue weighted by Crippen LogP contribution is -2.00. The molecule has 2 aromatic rings. The summed E-state index contributed by atoms with van der Waals surface area (Å²) < 4.78 is 16.1. The molecule has 0 saturated carbocycles. The molecule has 2 aromatic carbocycles. The van der Waals surface area contributed by atoms with E-state index < -0.39 is 0 Å². The maximum atomic E-state index is 12.3. The summed E-state index contributed by atoms with van der Waals surface area (Å²) in [5, 5.41) is 9.49. The number of hydrogen-bond donors (Lipinski definition) is 1. The Morgan fingerprint density at radius 2 is 1.96 bits per heavy atom. The van der Waals surface area contributed by atoms with Gasteiger partial charge < -0.3 is 19.3 Å². The van der Waals surface area contributed by atoms with Gasteiger partial charge in [0.15, 0.2) is 17.3 Å². The number of hydrogen-bond acceptors (Lipinski definition) is 5. The molecule has 5 heteroatoms. The average Bonchev–Trinajstić information content (AvgIpc) is 2.90. The van der Waals surface area contributed by atoms with Gasteiger partial charge in [0.25, 0.3) is 0 Å². The molecule has 0 aliphatic carbocycles. The first-order chi connectivity index (χ1) is 11.2. The highest BCUT2D eigenvalue weighted by Crippen LogP contribution is 2.35. The zero-order valence-electron chi connectivity index (χ0n) is 12.8. The lowest BCUT2D eigenvalue weighted by molar-refractivity contribution is 0.101. The molecule has 0 radical (unpaired) electrons. The van der Waals surface area contributed by atoms with Crippen molar-refractivity contribution in [3.8, 4) is 17.2 Å². The van der Waals surface area contributed by atoms with Crippen LogP contribution >= 0.6 is 0 Å². The van der Waals surface area contributed by atoms with Crippen molar-refractivity contribution in [1.82, 2.24) is 0 Å². The normalized spacial score (nSPS) is 14.6. The van der Waals surface area contributed by atoms with Crippen molar-refractivity contribution in [3.63, 3.8) is 0 Å². The van der Waals surface area contributed by atoms with Crippen molar-refractivity contribution in [3.05, 3.63) is 58.8 Å². The standard InChI is InChI=1S/C18H16O5/c1-21-16-9-11(7-12(10-19)18(16)22-2)8-15-17(20)13-5-3-4-6-14(13)23-15/h3-9,19H,10H2,1-2H3/b15-8-. The van der Waals surface area contributed by atoms with Gasteiger partial charge >= 0.3 is 0 Å². The summed E-state index contributed by atoms with van der Waals surface area (Å²) in [6, 6.07) is 10.5. The lowest BCUT2D eigenvalue weighted by atomic mass is 10.1. The van der Waals surface area contributed by atoms with Crippen LogP contribution in [-0.4, -0.2) is 25.1 Å². The minimum absolute atomic E-state index is 0.166. The summed E-state index contributed by atoms with van der Waals surface area (Å²) >= 11 is 0. The largest absolute Gasteiger partial charge is 0.493 e. The maximum absolute atomic E-state index is 12.3. The average molecular weight is 312 g/mol. The Morgan fingerprint density at radius 3 is 2.61 bits per heavy atom. The third kappa shape index (κ3) is 2.66. The number of aliphatic hydroxyl groups is 1. The SMILES string of the molecule is COc1cc(/C=C2\Oc3ccccc3C2=O)cc(CO)c1OC. The van der Waals surface area contributed by atoms with Gasteiger partial charge in [-0.05, 0) is 35.9 Å². The van der Waals surface area contributed by atoms with Crippen LogP contribution in [-0.2, 0) is 6.61 Å². The van der Waals surface area contributed by atoms with Crippen LogP contribution in [0.5, 0.6) is 17.2 Å². The Bertz CT molecular complexity index is 767. The molecule has 0 amide bonds. The molecule has 1 aliphatic rings. The molecule has 0 unspecified atom stereocenters. The highest BCUT2D eigenvalue weighted by molar-refractivity contribution is 6.14. The van der Waals surface area contributed by atoms with Crippen LogP contribution in [0.2, 0.25) is 0 Å². The minimum atomic E-state index is -0.203.